The van der Waals surface area contributed by atoms with Crippen molar-refractivity contribution in [1.82, 2.24) is 4.98 Å². The Hall–Kier alpha value is -1.73. The van der Waals surface area contributed by atoms with Crippen LogP contribution in [0.25, 0.3) is 0 Å². The summed E-state index contributed by atoms with van der Waals surface area (Å²) in [5.41, 5.74) is 1.54. The van der Waals surface area contributed by atoms with Gasteiger partial charge >= 0.3 is 0 Å². The van der Waals surface area contributed by atoms with Crippen LogP contribution in [-0.4, -0.2) is 24.1 Å². The number of nitrogens with one attached hydrogen (secondary N) is 1. The van der Waals surface area contributed by atoms with E-state index in [1.807, 2.05) is 19.9 Å². The summed E-state index contributed by atoms with van der Waals surface area (Å²) in [5.74, 6) is -0.458. The maximum absolute atomic E-state index is 13.5. The second kappa shape index (κ2) is 6.53. The average molecular weight is 379 g/mol. The zero-order valence-electron chi connectivity index (χ0n) is 14.6. The zero-order valence-corrected chi connectivity index (χ0v) is 16.3. The van der Waals surface area contributed by atoms with Crippen molar-refractivity contribution in [1.29, 1.82) is 0 Å². The van der Waals surface area contributed by atoms with Gasteiger partial charge in [-0.2, -0.15) is 0 Å². The van der Waals surface area contributed by atoms with Gasteiger partial charge in [-0.15, -0.1) is 11.3 Å². The molecular formula is C18H22N2O3S2. The van der Waals surface area contributed by atoms with Gasteiger partial charge in [-0.1, -0.05) is 25.0 Å². The number of nitrogens with zero attached hydrogens (tertiary/aromatic N) is 1. The molecule has 5 nitrogen and oxygen atoms in total. The summed E-state index contributed by atoms with van der Waals surface area (Å²) in [6.07, 6.45) is 3.82. The summed E-state index contributed by atoms with van der Waals surface area (Å²) in [4.78, 5) is 18.4. The van der Waals surface area contributed by atoms with Gasteiger partial charge in [0.05, 0.1) is 4.90 Å². The zero-order chi connectivity index (χ0) is 18.2. The second-order valence-corrected chi connectivity index (χ2v) is 10.2. The SMILES string of the molecule is Cc1ccc(C)c(S(=O)(=O)C2(C(=O)Nc3ncc(C)s3)CCCC2)c1. The molecule has 1 heterocycles. The minimum atomic E-state index is -3.80. The third-order valence-corrected chi connectivity index (χ3v) is 8.28. The van der Waals surface area contributed by atoms with E-state index in [0.29, 0.717) is 23.5 Å². The average Bonchev–Trinajstić information content (AvgIpc) is 3.19. The quantitative estimate of drug-likeness (QED) is 0.878. The molecule has 1 fully saturated rings. The summed E-state index contributed by atoms with van der Waals surface area (Å²) in [5, 5.41) is 3.19. The predicted octanol–water partition coefficient (Wildman–Crippen LogP) is 3.79. The first-order valence-corrected chi connectivity index (χ1v) is 10.6. The Bertz CT molecular complexity index is 910. The van der Waals surface area contributed by atoms with Crippen molar-refractivity contribution in [3.8, 4) is 0 Å². The number of aromatic nitrogens is 1. The highest BCUT2D eigenvalue weighted by atomic mass is 32.2. The number of carbonyl (C=O) groups excluding carboxylic acids is 1. The van der Waals surface area contributed by atoms with Gasteiger partial charge in [-0.3, -0.25) is 4.79 Å². The van der Waals surface area contributed by atoms with Gasteiger partial charge in [-0.25, -0.2) is 13.4 Å². The molecule has 0 radical (unpaired) electrons. The van der Waals surface area contributed by atoms with Crippen LogP contribution in [0.2, 0.25) is 0 Å². The van der Waals surface area contributed by atoms with E-state index in [1.54, 1.807) is 25.3 Å². The number of hydrogen-bond acceptors (Lipinski definition) is 5. The molecule has 0 aliphatic heterocycles. The highest BCUT2D eigenvalue weighted by molar-refractivity contribution is 7.93. The Morgan fingerprint density at radius 1 is 1.20 bits per heavy atom. The van der Waals surface area contributed by atoms with Gasteiger partial charge in [-0.05, 0) is 50.8 Å². The van der Waals surface area contributed by atoms with Gasteiger partial charge < -0.3 is 5.32 Å². The Morgan fingerprint density at radius 2 is 1.88 bits per heavy atom. The minimum absolute atomic E-state index is 0.264. The van der Waals surface area contributed by atoms with E-state index in [4.69, 9.17) is 0 Å². The first-order valence-electron chi connectivity index (χ1n) is 8.32. The molecule has 1 aliphatic rings. The standard InChI is InChI=1S/C18H22N2O3S2/c1-12-6-7-13(2)15(10-12)25(22,23)18(8-4-5-9-18)16(21)20-17-19-11-14(3)24-17/h6-7,10-11H,4-5,8-9H2,1-3H3,(H,19,20,21). The van der Waals surface area contributed by atoms with Crippen LogP contribution in [0.3, 0.4) is 0 Å². The summed E-state index contributed by atoms with van der Waals surface area (Å²) < 4.78 is 25.6. The maximum Gasteiger partial charge on any atom is 0.248 e. The molecule has 0 saturated heterocycles. The summed E-state index contributed by atoms with van der Waals surface area (Å²) >= 11 is 1.35. The summed E-state index contributed by atoms with van der Waals surface area (Å²) in [6.45, 7) is 5.53. The van der Waals surface area contributed by atoms with Gasteiger partial charge in [0.15, 0.2) is 19.7 Å². The Labute approximate surface area is 152 Å². The molecule has 0 spiro atoms. The van der Waals surface area contributed by atoms with Gasteiger partial charge in [0.25, 0.3) is 0 Å². The number of aryl methyl sites for hydroxylation is 3. The molecule has 7 heteroatoms. The molecular weight excluding hydrogens is 356 g/mol. The van der Waals surface area contributed by atoms with Gasteiger partial charge in [0.1, 0.15) is 0 Å². The number of rotatable bonds is 4. The van der Waals surface area contributed by atoms with Crippen molar-refractivity contribution in [2.45, 2.75) is 56.1 Å². The summed E-state index contributed by atoms with van der Waals surface area (Å²) in [7, 11) is -3.80. The van der Waals surface area contributed by atoms with E-state index in [2.05, 4.69) is 10.3 Å². The van der Waals surface area contributed by atoms with Crippen LogP contribution in [0.4, 0.5) is 5.13 Å². The molecule has 1 aliphatic carbocycles. The summed E-state index contributed by atoms with van der Waals surface area (Å²) in [6, 6.07) is 5.35. The Balaban J connectivity index is 2.04. The van der Waals surface area contributed by atoms with Crippen LogP contribution in [0, 0.1) is 20.8 Å². The van der Waals surface area contributed by atoms with E-state index < -0.39 is 20.5 Å². The van der Waals surface area contributed by atoms with E-state index in [9.17, 15) is 13.2 Å². The largest absolute Gasteiger partial charge is 0.301 e. The smallest absolute Gasteiger partial charge is 0.248 e. The number of hydrogen-bond donors (Lipinski definition) is 1. The highest BCUT2D eigenvalue weighted by Crippen LogP contribution is 2.42. The lowest BCUT2D eigenvalue weighted by atomic mass is 10.1. The fourth-order valence-electron chi connectivity index (χ4n) is 3.39. The van der Waals surface area contributed by atoms with Crippen LogP contribution >= 0.6 is 11.3 Å². The van der Waals surface area contributed by atoms with Crippen LogP contribution in [0.1, 0.15) is 41.7 Å². The fraction of sp³-hybridized carbons (Fsp3) is 0.444. The van der Waals surface area contributed by atoms with Crippen molar-refractivity contribution in [3.05, 3.63) is 40.4 Å². The van der Waals surface area contributed by atoms with Crippen molar-refractivity contribution in [2.75, 3.05) is 5.32 Å². The molecule has 1 saturated carbocycles. The lowest BCUT2D eigenvalue weighted by molar-refractivity contribution is -0.118. The fourth-order valence-corrected chi connectivity index (χ4v) is 6.43. The minimum Gasteiger partial charge on any atom is -0.301 e. The molecule has 1 N–H and O–H groups in total. The van der Waals surface area contributed by atoms with Crippen molar-refractivity contribution >= 4 is 32.2 Å². The first-order chi connectivity index (χ1) is 11.8. The molecule has 3 rings (SSSR count). The van der Waals surface area contributed by atoms with Crippen molar-refractivity contribution < 1.29 is 13.2 Å². The van der Waals surface area contributed by atoms with Gasteiger partial charge in [0.2, 0.25) is 5.91 Å². The lowest BCUT2D eigenvalue weighted by Gasteiger charge is -2.28. The lowest BCUT2D eigenvalue weighted by Crippen LogP contribution is -2.47. The first kappa shape index (κ1) is 18.1. The Morgan fingerprint density at radius 3 is 2.48 bits per heavy atom. The third kappa shape index (κ3) is 3.11. The molecule has 1 aromatic carbocycles. The van der Waals surface area contributed by atoms with E-state index in [-0.39, 0.29) is 4.90 Å². The van der Waals surface area contributed by atoms with Crippen LogP contribution in [0.15, 0.2) is 29.3 Å². The van der Waals surface area contributed by atoms with Crippen molar-refractivity contribution in [3.63, 3.8) is 0 Å². The van der Waals surface area contributed by atoms with E-state index in [0.717, 1.165) is 23.3 Å². The molecule has 25 heavy (non-hydrogen) atoms. The molecule has 0 bridgehead atoms. The number of amides is 1. The van der Waals surface area contributed by atoms with E-state index >= 15 is 0 Å². The highest BCUT2D eigenvalue weighted by Gasteiger charge is 2.53. The monoisotopic (exact) mass is 378 g/mol. The third-order valence-electron chi connectivity index (χ3n) is 4.81. The van der Waals surface area contributed by atoms with E-state index in [1.165, 1.54) is 11.3 Å². The Kier molecular flexibility index (Phi) is 4.72. The number of anilines is 1. The van der Waals surface area contributed by atoms with Crippen LogP contribution in [0.5, 0.6) is 0 Å². The second-order valence-electron chi connectivity index (χ2n) is 6.70. The van der Waals surface area contributed by atoms with Crippen LogP contribution < -0.4 is 5.32 Å². The molecule has 1 aromatic heterocycles. The topological polar surface area (TPSA) is 76.1 Å². The molecule has 0 atom stereocenters. The number of sulfone groups is 1. The molecule has 0 unspecified atom stereocenters. The van der Waals surface area contributed by atoms with Crippen LogP contribution in [-0.2, 0) is 14.6 Å². The predicted molar refractivity (Wildman–Crippen MR) is 99.8 cm³/mol. The normalized spacial score (nSPS) is 16.8. The van der Waals surface area contributed by atoms with Gasteiger partial charge in [0, 0.05) is 11.1 Å². The number of thiazole rings is 1. The molecule has 134 valence electrons. The molecule has 2 aromatic rings. The molecule has 1 amide bonds. The maximum atomic E-state index is 13.5. The van der Waals surface area contributed by atoms with Crippen molar-refractivity contribution in [2.24, 2.45) is 0 Å². The number of carbonyl (C=O) groups is 1. The number of benzene rings is 1.